The first kappa shape index (κ1) is 23.0. The summed E-state index contributed by atoms with van der Waals surface area (Å²) in [4.78, 5) is 27.5. The Morgan fingerprint density at radius 2 is 1.72 bits per heavy atom. The van der Waals surface area contributed by atoms with Crippen LogP contribution >= 0.6 is 11.8 Å². The van der Waals surface area contributed by atoms with Crippen LogP contribution in [0.15, 0.2) is 54.6 Å². The molecule has 0 fully saturated rings. The second-order valence-corrected chi connectivity index (χ2v) is 8.16. The van der Waals surface area contributed by atoms with Crippen molar-refractivity contribution >= 4 is 23.6 Å². The first-order valence-corrected chi connectivity index (χ1v) is 11.5. The normalized spacial score (nSPS) is 11.7. The molecule has 156 valence electrons. The molecular formula is C24H32N2O2S. The zero-order valence-corrected chi connectivity index (χ0v) is 18.5. The van der Waals surface area contributed by atoms with Crippen molar-refractivity contribution in [2.24, 2.45) is 0 Å². The maximum absolute atomic E-state index is 13.1. The molecule has 0 aliphatic rings. The number of carbonyl (C=O) groups excluding carboxylic acids is 2. The smallest absolute Gasteiger partial charge is 0.242 e. The van der Waals surface area contributed by atoms with Crippen LogP contribution < -0.4 is 5.32 Å². The zero-order chi connectivity index (χ0) is 21.1. The summed E-state index contributed by atoms with van der Waals surface area (Å²) < 4.78 is 0. The fraction of sp³-hybridized carbons (Fsp3) is 0.417. The Bertz CT molecular complexity index is 779. The number of nitrogens with one attached hydrogen (secondary N) is 1. The lowest BCUT2D eigenvalue weighted by molar-refractivity contribution is -0.141. The number of likely N-dealkylation sites (N-methyl/N-ethyl adjacent to an activating group) is 1. The highest BCUT2D eigenvalue weighted by molar-refractivity contribution is 7.98. The molecule has 0 saturated carbocycles. The third-order valence-corrected chi connectivity index (χ3v) is 5.94. The van der Waals surface area contributed by atoms with E-state index in [9.17, 15) is 9.59 Å². The van der Waals surface area contributed by atoms with Crippen LogP contribution in [0.5, 0.6) is 0 Å². The van der Waals surface area contributed by atoms with E-state index in [2.05, 4.69) is 17.4 Å². The van der Waals surface area contributed by atoms with Gasteiger partial charge in [-0.15, -0.1) is 0 Å². The number of carbonyl (C=O) groups is 2. The number of amides is 2. The molecule has 5 heteroatoms. The van der Waals surface area contributed by atoms with Crippen LogP contribution in [0, 0.1) is 6.92 Å². The Kier molecular flexibility index (Phi) is 9.78. The van der Waals surface area contributed by atoms with Gasteiger partial charge in [0.25, 0.3) is 0 Å². The molecule has 29 heavy (non-hydrogen) atoms. The van der Waals surface area contributed by atoms with E-state index < -0.39 is 6.04 Å². The molecule has 1 atom stereocenters. The molecule has 2 aromatic carbocycles. The molecule has 0 saturated heterocycles. The van der Waals surface area contributed by atoms with Crippen LogP contribution in [-0.2, 0) is 21.9 Å². The van der Waals surface area contributed by atoms with Gasteiger partial charge in [0.2, 0.25) is 11.8 Å². The van der Waals surface area contributed by atoms with E-state index in [0.717, 1.165) is 22.6 Å². The number of rotatable bonds is 11. The molecule has 1 N–H and O–H groups in total. The largest absolute Gasteiger partial charge is 0.355 e. The predicted octanol–water partition coefficient (Wildman–Crippen LogP) is 4.56. The molecule has 0 bridgehead atoms. The standard InChI is InChI=1S/C24H32N2O2S/c1-4-22(24(28)25-5-2)26(17-21-14-10-9-11-19(21)3)23(27)15-16-29-18-20-12-7-6-8-13-20/h6-14,22H,4-5,15-18H2,1-3H3,(H,25,28). The minimum Gasteiger partial charge on any atom is -0.355 e. The Hall–Kier alpha value is -2.27. The van der Waals surface area contributed by atoms with Gasteiger partial charge in [0.1, 0.15) is 6.04 Å². The molecule has 0 aliphatic heterocycles. The number of hydrogen-bond acceptors (Lipinski definition) is 3. The van der Waals surface area contributed by atoms with E-state index >= 15 is 0 Å². The molecule has 0 aromatic heterocycles. The highest BCUT2D eigenvalue weighted by Crippen LogP contribution is 2.18. The van der Waals surface area contributed by atoms with Gasteiger partial charge in [0.05, 0.1) is 0 Å². The fourth-order valence-electron chi connectivity index (χ4n) is 3.25. The topological polar surface area (TPSA) is 49.4 Å². The Labute approximate surface area is 179 Å². The number of benzene rings is 2. The molecule has 2 rings (SSSR count). The van der Waals surface area contributed by atoms with Crippen molar-refractivity contribution in [2.75, 3.05) is 12.3 Å². The molecule has 1 unspecified atom stereocenters. The van der Waals surface area contributed by atoms with Crippen molar-refractivity contribution in [3.8, 4) is 0 Å². The number of nitrogens with zero attached hydrogens (tertiary/aromatic N) is 1. The number of hydrogen-bond donors (Lipinski definition) is 1. The van der Waals surface area contributed by atoms with E-state index in [4.69, 9.17) is 0 Å². The van der Waals surface area contributed by atoms with Gasteiger partial charge in [-0.2, -0.15) is 11.8 Å². The molecule has 0 heterocycles. The average molecular weight is 413 g/mol. The average Bonchev–Trinajstić information content (AvgIpc) is 2.73. The molecular weight excluding hydrogens is 380 g/mol. The Morgan fingerprint density at radius 3 is 2.38 bits per heavy atom. The van der Waals surface area contributed by atoms with Crippen LogP contribution in [0.3, 0.4) is 0 Å². The maximum atomic E-state index is 13.1. The van der Waals surface area contributed by atoms with Crippen LogP contribution in [0.2, 0.25) is 0 Å². The quantitative estimate of drug-likeness (QED) is 0.550. The van der Waals surface area contributed by atoms with Crippen molar-refractivity contribution in [3.63, 3.8) is 0 Å². The lowest BCUT2D eigenvalue weighted by Gasteiger charge is -2.31. The van der Waals surface area contributed by atoms with Crippen LogP contribution in [-0.4, -0.2) is 35.1 Å². The third kappa shape index (κ3) is 7.24. The Balaban J connectivity index is 2.05. The van der Waals surface area contributed by atoms with Gasteiger partial charge in [-0.1, -0.05) is 61.5 Å². The highest BCUT2D eigenvalue weighted by atomic mass is 32.2. The van der Waals surface area contributed by atoms with Crippen molar-refractivity contribution in [3.05, 3.63) is 71.3 Å². The van der Waals surface area contributed by atoms with E-state index in [0.29, 0.717) is 25.9 Å². The summed E-state index contributed by atoms with van der Waals surface area (Å²) >= 11 is 1.75. The number of thioether (sulfide) groups is 1. The minimum atomic E-state index is -0.443. The van der Waals surface area contributed by atoms with Gasteiger partial charge in [-0.25, -0.2) is 0 Å². The molecule has 2 amide bonds. The van der Waals surface area contributed by atoms with Crippen molar-refractivity contribution in [1.29, 1.82) is 0 Å². The summed E-state index contributed by atoms with van der Waals surface area (Å²) in [6.45, 7) is 6.93. The maximum Gasteiger partial charge on any atom is 0.242 e. The fourth-order valence-corrected chi connectivity index (χ4v) is 4.14. The summed E-state index contributed by atoms with van der Waals surface area (Å²) in [5, 5.41) is 2.88. The lowest BCUT2D eigenvalue weighted by atomic mass is 10.1. The van der Waals surface area contributed by atoms with Gasteiger partial charge in [0, 0.05) is 31.0 Å². The highest BCUT2D eigenvalue weighted by Gasteiger charge is 2.28. The second-order valence-electron chi connectivity index (χ2n) is 7.05. The minimum absolute atomic E-state index is 0.0342. The molecule has 4 nitrogen and oxygen atoms in total. The summed E-state index contributed by atoms with van der Waals surface area (Å²) in [5.74, 6) is 1.59. The monoisotopic (exact) mass is 412 g/mol. The predicted molar refractivity (Wildman–Crippen MR) is 122 cm³/mol. The van der Waals surface area contributed by atoms with Gasteiger partial charge < -0.3 is 10.2 Å². The molecule has 0 spiro atoms. The van der Waals surface area contributed by atoms with E-state index in [1.807, 2.05) is 63.2 Å². The number of aryl methyl sites for hydroxylation is 1. The summed E-state index contributed by atoms with van der Waals surface area (Å²) in [5.41, 5.74) is 3.48. The van der Waals surface area contributed by atoms with Gasteiger partial charge in [0.15, 0.2) is 0 Å². The van der Waals surface area contributed by atoms with Crippen molar-refractivity contribution in [1.82, 2.24) is 10.2 Å². The lowest BCUT2D eigenvalue weighted by Crippen LogP contribution is -2.49. The molecule has 0 radical (unpaired) electrons. The molecule has 2 aromatic rings. The van der Waals surface area contributed by atoms with E-state index in [1.165, 1.54) is 5.56 Å². The van der Waals surface area contributed by atoms with Crippen LogP contribution in [0.1, 0.15) is 43.4 Å². The summed E-state index contributed by atoms with van der Waals surface area (Å²) in [6.07, 6.45) is 1.03. The first-order valence-electron chi connectivity index (χ1n) is 10.3. The summed E-state index contributed by atoms with van der Waals surface area (Å²) in [6, 6.07) is 17.9. The Morgan fingerprint density at radius 1 is 1.03 bits per heavy atom. The van der Waals surface area contributed by atoms with Crippen LogP contribution in [0.4, 0.5) is 0 Å². The van der Waals surface area contributed by atoms with E-state index in [1.54, 1.807) is 16.7 Å². The summed E-state index contributed by atoms with van der Waals surface area (Å²) in [7, 11) is 0. The van der Waals surface area contributed by atoms with Crippen molar-refractivity contribution in [2.45, 2.75) is 52.0 Å². The second kappa shape index (κ2) is 12.3. The van der Waals surface area contributed by atoms with Gasteiger partial charge >= 0.3 is 0 Å². The van der Waals surface area contributed by atoms with Gasteiger partial charge in [-0.3, -0.25) is 9.59 Å². The van der Waals surface area contributed by atoms with Gasteiger partial charge in [-0.05, 0) is 37.0 Å². The first-order chi connectivity index (χ1) is 14.1. The third-order valence-electron chi connectivity index (χ3n) is 4.91. The van der Waals surface area contributed by atoms with E-state index in [-0.39, 0.29) is 11.8 Å². The SMILES string of the molecule is CCNC(=O)C(CC)N(Cc1ccccc1C)C(=O)CCSCc1ccccc1. The molecule has 0 aliphatic carbocycles. The zero-order valence-electron chi connectivity index (χ0n) is 17.7. The van der Waals surface area contributed by atoms with Crippen LogP contribution in [0.25, 0.3) is 0 Å². The van der Waals surface area contributed by atoms with Crippen molar-refractivity contribution < 1.29 is 9.59 Å².